The lowest BCUT2D eigenvalue weighted by Gasteiger charge is -2.27. The number of nitrogens with one attached hydrogen (secondary N) is 1. The molecule has 0 atom stereocenters. The molecule has 0 aliphatic carbocycles. The van der Waals surface area contributed by atoms with Crippen molar-refractivity contribution in [2.45, 2.75) is 107 Å². The van der Waals surface area contributed by atoms with E-state index in [9.17, 15) is 9.59 Å². The van der Waals surface area contributed by atoms with Gasteiger partial charge in [-0.3, -0.25) is 0 Å². The molecule has 0 radical (unpaired) electrons. The van der Waals surface area contributed by atoms with Crippen LogP contribution in [0.5, 0.6) is 5.75 Å². The average Bonchev–Trinajstić information content (AvgIpc) is 2.84. The molecule has 38 heavy (non-hydrogen) atoms. The van der Waals surface area contributed by atoms with Crippen molar-refractivity contribution in [3.8, 4) is 5.75 Å². The standard InChI is InChI=1S/C25H36N4O5.2C2H6/c1-8-9-15-26-20-19(32-17-18-13-11-10-12-14-18)16-27-21(28-20)29(22(30)33-24(2,3)4)23(31)34-25(5,6)7;2*1-2/h10-14,16H,8-9,15,17H2,1-7H3,(H,26,27,28);2*1-2H3. The van der Waals surface area contributed by atoms with Gasteiger partial charge in [0.15, 0.2) is 11.6 Å². The first-order valence-corrected chi connectivity index (χ1v) is 13.4. The summed E-state index contributed by atoms with van der Waals surface area (Å²) < 4.78 is 16.8. The molecule has 0 saturated heterocycles. The fourth-order valence-electron chi connectivity index (χ4n) is 2.67. The van der Waals surface area contributed by atoms with Crippen LogP contribution in [0.2, 0.25) is 0 Å². The molecule has 0 bridgehead atoms. The van der Waals surface area contributed by atoms with Crippen LogP contribution in [0.25, 0.3) is 0 Å². The summed E-state index contributed by atoms with van der Waals surface area (Å²) in [7, 11) is 0. The Kier molecular flexibility index (Phi) is 15.7. The molecular formula is C29H48N4O5. The van der Waals surface area contributed by atoms with Crippen molar-refractivity contribution >= 4 is 24.0 Å². The Labute approximate surface area is 229 Å². The highest BCUT2D eigenvalue weighted by Gasteiger charge is 2.35. The van der Waals surface area contributed by atoms with E-state index in [1.165, 1.54) is 6.20 Å². The van der Waals surface area contributed by atoms with Crippen LogP contribution in [0, 0.1) is 0 Å². The van der Waals surface area contributed by atoms with Gasteiger partial charge in [-0.05, 0) is 53.5 Å². The number of ether oxygens (including phenoxy) is 3. The number of rotatable bonds is 8. The van der Waals surface area contributed by atoms with Crippen LogP contribution in [0.4, 0.5) is 21.4 Å². The van der Waals surface area contributed by atoms with Crippen LogP contribution in [0.3, 0.4) is 0 Å². The molecule has 0 unspecified atom stereocenters. The molecule has 0 spiro atoms. The SMILES string of the molecule is CC.CC.CCCCNc1nc(N(C(=O)OC(C)(C)C)C(=O)OC(C)(C)C)ncc1OCc1ccccc1. The summed E-state index contributed by atoms with van der Waals surface area (Å²) in [6, 6.07) is 9.69. The highest BCUT2D eigenvalue weighted by atomic mass is 16.6. The van der Waals surface area contributed by atoms with E-state index in [0.717, 1.165) is 18.4 Å². The van der Waals surface area contributed by atoms with Crippen LogP contribution in [0.15, 0.2) is 36.5 Å². The number of amides is 2. The minimum atomic E-state index is -0.931. The molecule has 1 aromatic heterocycles. The van der Waals surface area contributed by atoms with Gasteiger partial charge in [0.2, 0.25) is 5.95 Å². The molecule has 1 N–H and O–H groups in total. The molecule has 1 heterocycles. The van der Waals surface area contributed by atoms with E-state index in [-0.39, 0.29) is 5.95 Å². The largest absolute Gasteiger partial charge is 0.483 e. The zero-order valence-electron chi connectivity index (χ0n) is 25.2. The first-order chi connectivity index (χ1) is 17.9. The first-order valence-electron chi connectivity index (χ1n) is 13.4. The fourth-order valence-corrected chi connectivity index (χ4v) is 2.67. The number of aromatic nitrogens is 2. The highest BCUT2D eigenvalue weighted by Crippen LogP contribution is 2.27. The van der Waals surface area contributed by atoms with Gasteiger partial charge in [-0.25, -0.2) is 14.6 Å². The van der Waals surface area contributed by atoms with Crippen molar-refractivity contribution < 1.29 is 23.8 Å². The normalized spacial score (nSPS) is 10.6. The van der Waals surface area contributed by atoms with E-state index in [1.807, 2.05) is 58.0 Å². The number of unbranched alkanes of at least 4 members (excludes halogenated alkanes) is 1. The Bertz CT molecular complexity index is 926. The topological polar surface area (TPSA) is 103 Å². The number of benzene rings is 1. The predicted octanol–water partition coefficient (Wildman–Crippen LogP) is 8.00. The average molecular weight is 533 g/mol. The summed E-state index contributed by atoms with van der Waals surface area (Å²) in [6.45, 7) is 21.3. The summed E-state index contributed by atoms with van der Waals surface area (Å²) >= 11 is 0. The van der Waals surface area contributed by atoms with Gasteiger partial charge in [0.25, 0.3) is 0 Å². The minimum Gasteiger partial charge on any atom is -0.483 e. The van der Waals surface area contributed by atoms with E-state index in [4.69, 9.17) is 14.2 Å². The second-order valence-corrected chi connectivity index (χ2v) is 9.73. The Morgan fingerprint density at radius 2 is 1.42 bits per heavy atom. The number of imide groups is 1. The molecule has 0 aliphatic rings. The first kappa shape index (κ1) is 34.6. The Hall–Kier alpha value is -3.36. The summed E-state index contributed by atoms with van der Waals surface area (Å²) in [6.07, 6.45) is 1.45. The van der Waals surface area contributed by atoms with Crippen molar-refractivity contribution in [2.75, 3.05) is 16.8 Å². The van der Waals surface area contributed by atoms with Gasteiger partial charge in [0.1, 0.15) is 17.8 Å². The molecule has 0 saturated carbocycles. The summed E-state index contributed by atoms with van der Waals surface area (Å²) in [5.41, 5.74) is -0.688. The molecule has 2 aromatic rings. The van der Waals surface area contributed by atoms with Crippen molar-refractivity contribution in [3.63, 3.8) is 0 Å². The van der Waals surface area contributed by atoms with E-state index in [1.54, 1.807) is 41.5 Å². The van der Waals surface area contributed by atoms with Gasteiger partial charge in [0, 0.05) is 6.54 Å². The Balaban J connectivity index is 0.00000326. The van der Waals surface area contributed by atoms with Crippen LogP contribution in [0.1, 0.15) is 94.6 Å². The lowest BCUT2D eigenvalue weighted by atomic mass is 10.2. The fraction of sp³-hybridized carbons (Fsp3) is 0.586. The molecular weight excluding hydrogens is 484 g/mol. The molecule has 2 amide bonds. The smallest absolute Gasteiger partial charge is 0.427 e. The van der Waals surface area contributed by atoms with Crippen molar-refractivity contribution in [1.29, 1.82) is 0 Å². The quantitative estimate of drug-likeness (QED) is 0.341. The van der Waals surface area contributed by atoms with Gasteiger partial charge >= 0.3 is 12.2 Å². The van der Waals surface area contributed by atoms with Gasteiger partial charge in [-0.2, -0.15) is 4.98 Å². The summed E-state index contributed by atoms with van der Waals surface area (Å²) in [5.74, 6) is 0.595. The number of carbonyl (C=O) groups excluding carboxylic acids is 2. The lowest BCUT2D eigenvalue weighted by molar-refractivity contribution is 0.0427. The molecule has 9 heteroatoms. The third-order valence-electron chi connectivity index (χ3n) is 4.15. The third kappa shape index (κ3) is 13.3. The van der Waals surface area contributed by atoms with Gasteiger partial charge in [-0.1, -0.05) is 71.4 Å². The Morgan fingerprint density at radius 1 is 0.895 bits per heavy atom. The van der Waals surface area contributed by atoms with Gasteiger partial charge in [0.05, 0.1) is 6.20 Å². The number of carbonyl (C=O) groups is 2. The summed E-state index contributed by atoms with van der Waals surface area (Å²) in [5, 5.41) is 3.21. The van der Waals surface area contributed by atoms with Gasteiger partial charge < -0.3 is 19.5 Å². The maximum absolute atomic E-state index is 12.9. The van der Waals surface area contributed by atoms with E-state index in [2.05, 4.69) is 22.2 Å². The highest BCUT2D eigenvalue weighted by molar-refractivity contribution is 6.08. The van der Waals surface area contributed by atoms with E-state index in [0.29, 0.717) is 29.6 Å². The van der Waals surface area contributed by atoms with E-state index < -0.39 is 23.4 Å². The minimum absolute atomic E-state index is 0.172. The van der Waals surface area contributed by atoms with Crippen LogP contribution >= 0.6 is 0 Å². The molecule has 0 fully saturated rings. The van der Waals surface area contributed by atoms with Crippen LogP contribution in [-0.4, -0.2) is 39.9 Å². The lowest BCUT2D eigenvalue weighted by Crippen LogP contribution is -2.44. The predicted molar refractivity (Wildman–Crippen MR) is 154 cm³/mol. The zero-order valence-corrected chi connectivity index (χ0v) is 25.2. The van der Waals surface area contributed by atoms with E-state index >= 15 is 0 Å². The number of anilines is 2. The Morgan fingerprint density at radius 3 is 1.89 bits per heavy atom. The monoisotopic (exact) mass is 532 g/mol. The second-order valence-electron chi connectivity index (χ2n) is 9.73. The summed E-state index contributed by atoms with van der Waals surface area (Å²) in [4.78, 5) is 35.2. The molecule has 0 aliphatic heterocycles. The van der Waals surface area contributed by atoms with Crippen LogP contribution < -0.4 is 15.0 Å². The van der Waals surface area contributed by atoms with Crippen molar-refractivity contribution in [1.82, 2.24) is 9.97 Å². The van der Waals surface area contributed by atoms with Crippen molar-refractivity contribution in [2.24, 2.45) is 0 Å². The molecule has 1 aromatic carbocycles. The van der Waals surface area contributed by atoms with Crippen molar-refractivity contribution in [3.05, 3.63) is 42.1 Å². The zero-order chi connectivity index (χ0) is 29.4. The maximum Gasteiger partial charge on any atom is 0.427 e. The molecule has 214 valence electrons. The number of hydrogen-bond donors (Lipinski definition) is 1. The third-order valence-corrected chi connectivity index (χ3v) is 4.15. The maximum atomic E-state index is 12.9. The second kappa shape index (κ2) is 17.2. The molecule has 9 nitrogen and oxygen atoms in total. The molecule has 2 rings (SSSR count). The number of hydrogen-bond acceptors (Lipinski definition) is 8. The van der Waals surface area contributed by atoms with Crippen LogP contribution in [-0.2, 0) is 16.1 Å². The number of nitrogens with zero attached hydrogens (tertiary/aromatic N) is 3. The van der Waals surface area contributed by atoms with Gasteiger partial charge in [-0.15, -0.1) is 4.90 Å².